The summed E-state index contributed by atoms with van der Waals surface area (Å²) in [5.74, 6) is -0.792. The molecule has 0 aliphatic carbocycles. The van der Waals surface area contributed by atoms with E-state index in [4.69, 9.17) is 5.11 Å². The summed E-state index contributed by atoms with van der Waals surface area (Å²) < 4.78 is 0. The first-order chi connectivity index (χ1) is 7.15. The van der Waals surface area contributed by atoms with Crippen LogP contribution in [0.15, 0.2) is 24.3 Å². The summed E-state index contributed by atoms with van der Waals surface area (Å²) in [5.41, 5.74) is 2.23. The van der Waals surface area contributed by atoms with Gasteiger partial charge in [-0.2, -0.15) is 0 Å². The molecule has 0 saturated carbocycles. The van der Waals surface area contributed by atoms with E-state index in [1.165, 1.54) is 0 Å². The van der Waals surface area contributed by atoms with Crippen LogP contribution >= 0.6 is 0 Å². The molecule has 3 nitrogen and oxygen atoms in total. The number of hydrogen-bond acceptors (Lipinski definition) is 2. The van der Waals surface area contributed by atoms with Crippen molar-refractivity contribution in [3.63, 3.8) is 0 Å². The molecule has 1 atom stereocenters. The van der Waals surface area contributed by atoms with Crippen molar-refractivity contribution < 1.29 is 9.90 Å². The molecule has 0 saturated heterocycles. The molecule has 82 valence electrons. The average Bonchev–Trinajstić information content (AvgIpc) is 2.20. The Bertz CT molecular complexity index is 336. The number of aliphatic carboxylic acids is 1. The van der Waals surface area contributed by atoms with Gasteiger partial charge < -0.3 is 10.4 Å². The second kappa shape index (κ2) is 5.51. The van der Waals surface area contributed by atoms with Crippen molar-refractivity contribution in [3.05, 3.63) is 35.4 Å². The standard InChI is InChI=1S/C12H17NO2/c1-3-13-11(12(14)15)8-10-7-5-4-6-9(10)2/h4-7,11,13H,3,8H2,1-2H3,(H,14,15). The topological polar surface area (TPSA) is 49.3 Å². The Kier molecular flexibility index (Phi) is 4.31. The number of carboxylic acid groups (broad SMARTS) is 1. The number of carboxylic acids is 1. The fraction of sp³-hybridized carbons (Fsp3) is 0.417. The molecule has 0 radical (unpaired) electrons. The highest BCUT2D eigenvalue weighted by Crippen LogP contribution is 2.09. The van der Waals surface area contributed by atoms with E-state index in [9.17, 15) is 4.79 Å². The molecule has 0 bridgehead atoms. The second-order valence-corrected chi connectivity index (χ2v) is 3.58. The van der Waals surface area contributed by atoms with E-state index in [0.717, 1.165) is 11.1 Å². The van der Waals surface area contributed by atoms with Gasteiger partial charge in [0.15, 0.2) is 0 Å². The van der Waals surface area contributed by atoms with Crippen molar-refractivity contribution in [1.29, 1.82) is 0 Å². The number of rotatable bonds is 5. The van der Waals surface area contributed by atoms with Gasteiger partial charge in [0, 0.05) is 0 Å². The van der Waals surface area contributed by atoms with E-state index in [-0.39, 0.29) is 0 Å². The zero-order chi connectivity index (χ0) is 11.3. The lowest BCUT2D eigenvalue weighted by molar-refractivity contribution is -0.139. The van der Waals surface area contributed by atoms with E-state index in [2.05, 4.69) is 5.32 Å². The lowest BCUT2D eigenvalue weighted by Gasteiger charge is -2.14. The van der Waals surface area contributed by atoms with Gasteiger partial charge in [-0.3, -0.25) is 4.79 Å². The lowest BCUT2D eigenvalue weighted by Crippen LogP contribution is -2.38. The van der Waals surface area contributed by atoms with Crippen molar-refractivity contribution in [2.24, 2.45) is 0 Å². The monoisotopic (exact) mass is 207 g/mol. The largest absolute Gasteiger partial charge is 0.480 e. The Hall–Kier alpha value is -1.35. The number of likely N-dealkylation sites (N-methyl/N-ethyl adjacent to an activating group) is 1. The van der Waals surface area contributed by atoms with Crippen LogP contribution in [0, 0.1) is 6.92 Å². The third-order valence-corrected chi connectivity index (χ3v) is 2.43. The highest BCUT2D eigenvalue weighted by atomic mass is 16.4. The molecule has 1 rings (SSSR count). The minimum Gasteiger partial charge on any atom is -0.480 e. The van der Waals surface area contributed by atoms with Crippen molar-refractivity contribution >= 4 is 5.97 Å². The molecule has 0 aromatic heterocycles. The zero-order valence-corrected chi connectivity index (χ0v) is 9.16. The van der Waals surface area contributed by atoms with Crippen molar-refractivity contribution in [3.8, 4) is 0 Å². The molecule has 0 heterocycles. The molecule has 1 aromatic carbocycles. The first-order valence-electron chi connectivity index (χ1n) is 5.15. The van der Waals surface area contributed by atoms with Gasteiger partial charge >= 0.3 is 5.97 Å². The van der Waals surface area contributed by atoms with Gasteiger partial charge in [-0.05, 0) is 31.0 Å². The second-order valence-electron chi connectivity index (χ2n) is 3.58. The van der Waals surface area contributed by atoms with E-state index in [1.54, 1.807) is 0 Å². The molecule has 0 aliphatic heterocycles. The van der Waals surface area contributed by atoms with Crippen LogP contribution in [0.25, 0.3) is 0 Å². The van der Waals surface area contributed by atoms with Crippen LogP contribution < -0.4 is 5.32 Å². The Labute approximate surface area is 90.1 Å². The summed E-state index contributed by atoms with van der Waals surface area (Å²) in [6.45, 7) is 4.58. The van der Waals surface area contributed by atoms with Crippen LogP contribution in [-0.4, -0.2) is 23.7 Å². The maximum absolute atomic E-state index is 10.9. The van der Waals surface area contributed by atoms with E-state index < -0.39 is 12.0 Å². The summed E-state index contributed by atoms with van der Waals surface area (Å²) >= 11 is 0. The van der Waals surface area contributed by atoms with Gasteiger partial charge in [0.2, 0.25) is 0 Å². The van der Waals surface area contributed by atoms with Gasteiger partial charge in [0.25, 0.3) is 0 Å². The van der Waals surface area contributed by atoms with Crippen LogP contribution in [0.3, 0.4) is 0 Å². The molecule has 2 N–H and O–H groups in total. The predicted octanol–water partition coefficient (Wildman–Crippen LogP) is 1.60. The fourth-order valence-corrected chi connectivity index (χ4v) is 1.55. The maximum atomic E-state index is 10.9. The minimum atomic E-state index is -0.792. The van der Waals surface area contributed by atoms with Gasteiger partial charge in [-0.15, -0.1) is 0 Å². The fourth-order valence-electron chi connectivity index (χ4n) is 1.55. The third kappa shape index (κ3) is 3.36. The van der Waals surface area contributed by atoms with E-state index in [1.807, 2.05) is 38.1 Å². The number of aryl methyl sites for hydroxylation is 1. The molecule has 0 amide bonds. The summed E-state index contributed by atoms with van der Waals surface area (Å²) in [6.07, 6.45) is 0.538. The quantitative estimate of drug-likeness (QED) is 0.771. The summed E-state index contributed by atoms with van der Waals surface area (Å²) in [4.78, 5) is 10.9. The number of nitrogens with one attached hydrogen (secondary N) is 1. The number of hydrogen-bond donors (Lipinski definition) is 2. The highest BCUT2D eigenvalue weighted by Gasteiger charge is 2.16. The van der Waals surface area contributed by atoms with Crippen LogP contribution in [0.1, 0.15) is 18.1 Å². The Morgan fingerprint density at radius 1 is 1.47 bits per heavy atom. The van der Waals surface area contributed by atoms with Crippen molar-refractivity contribution in [1.82, 2.24) is 5.32 Å². The van der Waals surface area contributed by atoms with Gasteiger partial charge in [0.1, 0.15) is 6.04 Å². The normalized spacial score (nSPS) is 12.4. The molecule has 3 heteroatoms. The molecule has 1 unspecified atom stereocenters. The molecule has 0 aliphatic rings. The van der Waals surface area contributed by atoms with Crippen molar-refractivity contribution in [2.45, 2.75) is 26.3 Å². The number of benzene rings is 1. The predicted molar refractivity (Wildman–Crippen MR) is 60.0 cm³/mol. The van der Waals surface area contributed by atoms with Gasteiger partial charge in [0.05, 0.1) is 0 Å². The summed E-state index contributed by atoms with van der Waals surface area (Å²) in [5, 5.41) is 12.0. The Balaban J connectivity index is 2.74. The molecule has 1 aromatic rings. The van der Waals surface area contributed by atoms with Gasteiger partial charge in [-0.25, -0.2) is 0 Å². The Morgan fingerprint density at radius 3 is 2.67 bits per heavy atom. The first kappa shape index (κ1) is 11.7. The van der Waals surface area contributed by atoms with Crippen LogP contribution in [-0.2, 0) is 11.2 Å². The SMILES string of the molecule is CCNC(Cc1ccccc1C)C(=O)O. The van der Waals surface area contributed by atoms with Crippen molar-refractivity contribution in [2.75, 3.05) is 6.54 Å². The van der Waals surface area contributed by atoms with Crippen LogP contribution in [0.4, 0.5) is 0 Å². The third-order valence-electron chi connectivity index (χ3n) is 2.43. The zero-order valence-electron chi connectivity index (χ0n) is 9.16. The minimum absolute atomic E-state index is 0.490. The molecule has 0 spiro atoms. The number of carbonyl (C=O) groups is 1. The van der Waals surface area contributed by atoms with E-state index >= 15 is 0 Å². The highest BCUT2D eigenvalue weighted by molar-refractivity contribution is 5.74. The first-order valence-corrected chi connectivity index (χ1v) is 5.15. The van der Waals surface area contributed by atoms with Crippen LogP contribution in [0.2, 0.25) is 0 Å². The molecular formula is C12H17NO2. The summed E-state index contributed by atoms with van der Waals surface area (Å²) in [7, 11) is 0. The Morgan fingerprint density at radius 2 is 2.13 bits per heavy atom. The summed E-state index contributed by atoms with van der Waals surface area (Å²) in [6, 6.07) is 7.38. The molecule has 15 heavy (non-hydrogen) atoms. The lowest BCUT2D eigenvalue weighted by atomic mass is 10.0. The van der Waals surface area contributed by atoms with Crippen LogP contribution in [0.5, 0.6) is 0 Å². The average molecular weight is 207 g/mol. The maximum Gasteiger partial charge on any atom is 0.321 e. The molecule has 0 fully saturated rings. The smallest absolute Gasteiger partial charge is 0.321 e. The van der Waals surface area contributed by atoms with Gasteiger partial charge in [-0.1, -0.05) is 31.2 Å². The van der Waals surface area contributed by atoms with E-state index in [0.29, 0.717) is 13.0 Å². The molecular weight excluding hydrogens is 190 g/mol.